The third-order valence-corrected chi connectivity index (χ3v) is 3.88. The molecule has 0 amide bonds. The fourth-order valence-corrected chi connectivity index (χ4v) is 2.86. The molecule has 0 aromatic heterocycles. The molecule has 17 heavy (non-hydrogen) atoms. The molecule has 0 aliphatic heterocycles. The summed E-state index contributed by atoms with van der Waals surface area (Å²) < 4.78 is 24.9. The van der Waals surface area contributed by atoms with Gasteiger partial charge < -0.3 is 5.73 Å². The molecule has 3 nitrogen and oxygen atoms in total. The van der Waals surface area contributed by atoms with E-state index in [1.54, 1.807) is 6.07 Å². The molecule has 0 aliphatic rings. The first-order valence-corrected chi connectivity index (χ1v) is 6.78. The van der Waals surface area contributed by atoms with Crippen molar-refractivity contribution in [1.82, 2.24) is 0 Å². The Balaban J connectivity index is 2.72. The summed E-state index contributed by atoms with van der Waals surface area (Å²) in [6, 6.07) is 5.91. The van der Waals surface area contributed by atoms with Crippen LogP contribution in [0, 0.1) is 23.1 Å². The van der Waals surface area contributed by atoms with E-state index in [9.17, 15) is 8.60 Å². The van der Waals surface area contributed by atoms with E-state index in [0.717, 1.165) is 6.07 Å². The summed E-state index contributed by atoms with van der Waals surface area (Å²) in [5.41, 5.74) is 6.29. The lowest BCUT2D eigenvalue weighted by molar-refractivity contribution is 0.625. The number of nitrogens with zero attached hydrogens (tertiary/aromatic N) is 1. The van der Waals surface area contributed by atoms with Crippen LogP contribution in [0.4, 0.5) is 4.39 Å². The summed E-state index contributed by atoms with van der Waals surface area (Å²) in [4.78, 5) is 0. The molecule has 0 heterocycles. The van der Waals surface area contributed by atoms with Gasteiger partial charge in [-0.2, -0.15) is 5.26 Å². The van der Waals surface area contributed by atoms with Crippen LogP contribution < -0.4 is 5.73 Å². The second-order valence-corrected chi connectivity index (χ2v) is 5.55. The number of benzene rings is 1. The predicted octanol–water partition coefficient (Wildman–Crippen LogP) is 1.54. The Bertz CT molecular complexity index is 456. The molecule has 0 fully saturated rings. The number of nitriles is 1. The first-order chi connectivity index (χ1) is 8.05. The number of rotatable bonds is 5. The highest BCUT2D eigenvalue weighted by atomic mass is 32.2. The summed E-state index contributed by atoms with van der Waals surface area (Å²) in [5.74, 6) is 0.467. The van der Waals surface area contributed by atoms with Gasteiger partial charge in [0.1, 0.15) is 5.82 Å². The normalized spacial score (nSPS) is 14.0. The highest BCUT2D eigenvalue weighted by Crippen LogP contribution is 2.11. The Hall–Kier alpha value is -1.25. The number of nitrogens with two attached hydrogens (primary N) is 1. The Kier molecular flexibility index (Phi) is 5.26. The summed E-state index contributed by atoms with van der Waals surface area (Å²) >= 11 is 0. The van der Waals surface area contributed by atoms with Gasteiger partial charge in [0, 0.05) is 22.3 Å². The van der Waals surface area contributed by atoms with Crippen molar-refractivity contribution in [3.63, 3.8) is 0 Å². The quantitative estimate of drug-likeness (QED) is 0.866. The van der Waals surface area contributed by atoms with E-state index in [1.807, 2.05) is 13.0 Å². The van der Waals surface area contributed by atoms with Crippen LogP contribution in [-0.2, 0) is 16.6 Å². The van der Waals surface area contributed by atoms with Gasteiger partial charge in [-0.3, -0.25) is 4.21 Å². The van der Waals surface area contributed by atoms with Crippen LogP contribution in [0.2, 0.25) is 0 Å². The molecule has 0 spiro atoms. The molecule has 2 unspecified atom stereocenters. The van der Waals surface area contributed by atoms with Crippen LogP contribution in [0.3, 0.4) is 0 Å². The maximum Gasteiger partial charge on any atom is 0.124 e. The van der Waals surface area contributed by atoms with Crippen molar-refractivity contribution in [2.24, 2.45) is 11.7 Å². The molecule has 92 valence electrons. The Labute approximate surface area is 103 Å². The van der Waals surface area contributed by atoms with Crippen LogP contribution in [0.5, 0.6) is 0 Å². The molecule has 0 saturated heterocycles. The van der Waals surface area contributed by atoms with Crippen LogP contribution in [0.25, 0.3) is 0 Å². The fraction of sp³-hybridized carbons (Fsp3) is 0.417. The molecule has 2 N–H and O–H groups in total. The highest BCUT2D eigenvalue weighted by molar-refractivity contribution is 7.84. The van der Waals surface area contributed by atoms with Crippen LogP contribution in [0.15, 0.2) is 18.2 Å². The summed E-state index contributed by atoms with van der Waals surface area (Å²) in [7, 11) is -1.08. The average Bonchev–Trinajstić information content (AvgIpc) is 2.27. The predicted molar refractivity (Wildman–Crippen MR) is 66.0 cm³/mol. The van der Waals surface area contributed by atoms with Crippen molar-refractivity contribution in [3.8, 4) is 6.07 Å². The SMILES string of the molecule is CC(CN)CS(=O)Cc1cc(F)cc(C#N)c1. The average molecular weight is 254 g/mol. The zero-order chi connectivity index (χ0) is 12.8. The Morgan fingerprint density at radius 3 is 2.82 bits per heavy atom. The third kappa shape index (κ3) is 4.63. The monoisotopic (exact) mass is 254 g/mol. The minimum atomic E-state index is -1.08. The van der Waals surface area contributed by atoms with Gasteiger partial charge in [-0.15, -0.1) is 0 Å². The largest absolute Gasteiger partial charge is 0.330 e. The number of hydrogen-bond donors (Lipinski definition) is 1. The van der Waals surface area contributed by atoms with E-state index in [1.165, 1.54) is 6.07 Å². The Morgan fingerprint density at radius 2 is 2.24 bits per heavy atom. The van der Waals surface area contributed by atoms with Crippen molar-refractivity contribution in [2.45, 2.75) is 12.7 Å². The van der Waals surface area contributed by atoms with Crippen LogP contribution in [-0.4, -0.2) is 16.5 Å². The van der Waals surface area contributed by atoms with Gasteiger partial charge in [0.2, 0.25) is 0 Å². The third-order valence-electron chi connectivity index (χ3n) is 2.29. The van der Waals surface area contributed by atoms with Gasteiger partial charge in [0.25, 0.3) is 0 Å². The summed E-state index contributed by atoms with van der Waals surface area (Å²) in [6.45, 7) is 2.41. The smallest absolute Gasteiger partial charge is 0.124 e. The fourth-order valence-electron chi connectivity index (χ4n) is 1.43. The van der Waals surface area contributed by atoms with Gasteiger partial charge in [-0.1, -0.05) is 6.92 Å². The van der Waals surface area contributed by atoms with Crippen molar-refractivity contribution >= 4 is 10.8 Å². The minimum Gasteiger partial charge on any atom is -0.330 e. The van der Waals surface area contributed by atoms with Crippen LogP contribution in [0.1, 0.15) is 18.1 Å². The van der Waals surface area contributed by atoms with Gasteiger partial charge in [-0.25, -0.2) is 4.39 Å². The lowest BCUT2D eigenvalue weighted by Crippen LogP contribution is -2.18. The lowest BCUT2D eigenvalue weighted by atomic mass is 10.1. The summed E-state index contributed by atoms with van der Waals surface area (Å²) in [6.07, 6.45) is 0. The van der Waals surface area contributed by atoms with E-state index < -0.39 is 16.6 Å². The van der Waals surface area contributed by atoms with Gasteiger partial charge >= 0.3 is 0 Å². The van der Waals surface area contributed by atoms with Crippen LogP contribution >= 0.6 is 0 Å². The molecule has 0 bridgehead atoms. The standard InChI is InChI=1S/C12H15FN2OS/c1-9(5-14)7-17(16)8-11-2-10(6-15)3-12(13)4-11/h2-4,9H,5,7-8,14H2,1H3. The van der Waals surface area contributed by atoms with Gasteiger partial charge in [0.15, 0.2) is 0 Å². The minimum absolute atomic E-state index is 0.180. The van der Waals surface area contributed by atoms with E-state index in [-0.39, 0.29) is 17.2 Å². The molecule has 5 heteroatoms. The molecule has 0 aliphatic carbocycles. The number of hydrogen-bond acceptors (Lipinski definition) is 3. The lowest BCUT2D eigenvalue weighted by Gasteiger charge is -2.08. The van der Waals surface area contributed by atoms with E-state index in [2.05, 4.69) is 0 Å². The molecule has 1 aromatic rings. The second kappa shape index (κ2) is 6.48. The van der Waals surface area contributed by atoms with Gasteiger partial charge in [0.05, 0.1) is 11.6 Å². The molecular formula is C12H15FN2OS. The second-order valence-electron chi connectivity index (χ2n) is 4.05. The van der Waals surface area contributed by atoms with E-state index >= 15 is 0 Å². The van der Waals surface area contributed by atoms with Crippen molar-refractivity contribution < 1.29 is 8.60 Å². The molecule has 1 rings (SSSR count). The number of halogens is 1. The van der Waals surface area contributed by atoms with Crippen molar-refractivity contribution in [2.75, 3.05) is 12.3 Å². The Morgan fingerprint density at radius 1 is 1.53 bits per heavy atom. The van der Waals surface area contributed by atoms with Crippen molar-refractivity contribution in [1.29, 1.82) is 5.26 Å². The van der Waals surface area contributed by atoms with E-state index in [4.69, 9.17) is 11.0 Å². The first kappa shape index (κ1) is 13.8. The zero-order valence-electron chi connectivity index (χ0n) is 9.65. The van der Waals surface area contributed by atoms with Gasteiger partial charge in [-0.05, 0) is 36.2 Å². The molecule has 0 saturated carbocycles. The molecular weight excluding hydrogens is 239 g/mol. The maximum absolute atomic E-state index is 13.1. The van der Waals surface area contributed by atoms with Crippen molar-refractivity contribution in [3.05, 3.63) is 35.1 Å². The molecule has 2 atom stereocenters. The topological polar surface area (TPSA) is 66.9 Å². The zero-order valence-corrected chi connectivity index (χ0v) is 10.5. The molecule has 1 aromatic carbocycles. The summed E-state index contributed by atoms with van der Waals surface area (Å²) in [5, 5.41) is 8.70. The molecule has 0 radical (unpaired) electrons. The first-order valence-electron chi connectivity index (χ1n) is 5.29. The highest BCUT2D eigenvalue weighted by Gasteiger charge is 2.08. The maximum atomic E-state index is 13.1. The van der Waals surface area contributed by atoms with E-state index in [0.29, 0.717) is 17.9 Å².